The van der Waals surface area contributed by atoms with E-state index in [0.29, 0.717) is 17.5 Å². The van der Waals surface area contributed by atoms with Crippen molar-refractivity contribution >= 4 is 27.7 Å². The van der Waals surface area contributed by atoms with Crippen LogP contribution in [0.25, 0.3) is 0 Å². The number of halogens is 1. The van der Waals surface area contributed by atoms with Gasteiger partial charge >= 0.3 is 5.97 Å². The molecule has 1 aromatic rings. The quantitative estimate of drug-likeness (QED) is 0.646. The number of carboxylic acid groups (broad SMARTS) is 1. The largest absolute Gasteiger partial charge is 0.479 e. The van der Waals surface area contributed by atoms with E-state index in [1.54, 1.807) is 19.1 Å². The van der Waals surface area contributed by atoms with Crippen molar-refractivity contribution in [2.45, 2.75) is 31.2 Å². The monoisotopic (exact) mass is 314 g/mol. The molecule has 2 N–H and O–H groups in total. The Morgan fingerprint density at radius 2 is 2.00 bits per heavy atom. The fourth-order valence-electron chi connectivity index (χ4n) is 1.83. The number of aliphatic carboxylic acids is 1. The summed E-state index contributed by atoms with van der Waals surface area (Å²) >= 11 is 3.20. The number of hydrogen-bond donors (Lipinski definition) is 2. The highest BCUT2D eigenvalue weighted by Crippen LogP contribution is 2.24. The van der Waals surface area contributed by atoms with Crippen LogP contribution in [0, 0.1) is 0 Å². The lowest BCUT2D eigenvalue weighted by Crippen LogP contribution is -2.17. The Kier molecular flexibility index (Phi) is 5.04. The zero-order chi connectivity index (χ0) is 13.9. The molecule has 0 aromatic heterocycles. The van der Waals surface area contributed by atoms with Gasteiger partial charge in [0, 0.05) is 5.56 Å². The minimum absolute atomic E-state index is 0.119. The van der Waals surface area contributed by atoms with Crippen molar-refractivity contribution in [2.24, 2.45) is 0 Å². The molecule has 98 valence electrons. The average molecular weight is 315 g/mol. The van der Waals surface area contributed by atoms with E-state index < -0.39 is 12.1 Å². The summed E-state index contributed by atoms with van der Waals surface area (Å²) in [5, 5.41) is 18.5. The number of rotatable bonds is 5. The van der Waals surface area contributed by atoms with Gasteiger partial charge in [0.15, 0.2) is 11.9 Å². The number of carbonyl (C=O) groups is 2. The molecule has 2 unspecified atom stereocenters. The fraction of sp³-hybridized carbons (Fsp3) is 0.385. The lowest BCUT2D eigenvalue weighted by atomic mass is 9.92. The summed E-state index contributed by atoms with van der Waals surface area (Å²) < 4.78 is 0. The van der Waals surface area contributed by atoms with Crippen LogP contribution in [0.1, 0.15) is 41.4 Å². The van der Waals surface area contributed by atoms with E-state index in [-0.39, 0.29) is 16.2 Å². The lowest BCUT2D eigenvalue weighted by molar-refractivity contribution is -0.147. The van der Waals surface area contributed by atoms with E-state index in [4.69, 9.17) is 5.11 Å². The molecular formula is C13H15BrO4. The third kappa shape index (κ3) is 2.97. The first-order valence-electron chi connectivity index (χ1n) is 5.61. The molecule has 0 bridgehead atoms. The molecule has 0 aliphatic carbocycles. The predicted molar refractivity (Wildman–Crippen MR) is 71.1 cm³/mol. The molecule has 0 spiro atoms. The summed E-state index contributed by atoms with van der Waals surface area (Å²) in [7, 11) is 0. The zero-order valence-corrected chi connectivity index (χ0v) is 11.8. The standard InChI is InChI=1S/C13H15BrO4/c1-3-8-9(11(15)7(2)14)5-4-6-10(8)12(16)13(17)18/h4-7,12,16H,3H2,1-2H3,(H,17,18). The molecule has 1 aromatic carbocycles. The van der Waals surface area contributed by atoms with Crippen molar-refractivity contribution in [3.8, 4) is 0 Å². The molecule has 0 fully saturated rings. The molecule has 0 radical (unpaired) electrons. The van der Waals surface area contributed by atoms with Crippen molar-refractivity contribution in [2.75, 3.05) is 0 Å². The summed E-state index contributed by atoms with van der Waals surface area (Å²) in [6, 6.07) is 4.77. The van der Waals surface area contributed by atoms with Crippen molar-refractivity contribution in [3.05, 3.63) is 34.9 Å². The van der Waals surface area contributed by atoms with Crippen LogP contribution in [0.2, 0.25) is 0 Å². The zero-order valence-electron chi connectivity index (χ0n) is 10.2. The van der Waals surface area contributed by atoms with Crippen LogP contribution in [0.15, 0.2) is 18.2 Å². The van der Waals surface area contributed by atoms with Crippen LogP contribution in [0.5, 0.6) is 0 Å². The Morgan fingerprint density at radius 3 is 2.44 bits per heavy atom. The number of benzene rings is 1. The van der Waals surface area contributed by atoms with Crippen LogP contribution < -0.4 is 0 Å². The minimum atomic E-state index is -1.60. The molecule has 18 heavy (non-hydrogen) atoms. The Labute approximate surface area is 114 Å². The van der Waals surface area contributed by atoms with Crippen LogP contribution in [-0.2, 0) is 11.2 Å². The van der Waals surface area contributed by atoms with Gasteiger partial charge in [-0.25, -0.2) is 4.79 Å². The average Bonchev–Trinajstić information content (AvgIpc) is 2.35. The number of Topliss-reactive ketones (excluding diaryl/α,β-unsaturated/α-hetero) is 1. The van der Waals surface area contributed by atoms with E-state index >= 15 is 0 Å². The Morgan fingerprint density at radius 1 is 1.39 bits per heavy atom. The van der Waals surface area contributed by atoms with Gasteiger partial charge in [0.1, 0.15) is 0 Å². The molecule has 0 heterocycles. The van der Waals surface area contributed by atoms with Crippen LogP contribution in [0.3, 0.4) is 0 Å². The van der Waals surface area contributed by atoms with Gasteiger partial charge in [0.25, 0.3) is 0 Å². The van der Waals surface area contributed by atoms with Crippen LogP contribution in [0.4, 0.5) is 0 Å². The SMILES string of the molecule is CCc1c(C(=O)C(C)Br)cccc1C(O)C(=O)O. The lowest BCUT2D eigenvalue weighted by Gasteiger charge is -2.15. The van der Waals surface area contributed by atoms with Gasteiger partial charge < -0.3 is 10.2 Å². The van der Waals surface area contributed by atoms with E-state index in [1.807, 2.05) is 6.92 Å². The first kappa shape index (κ1) is 14.9. The maximum Gasteiger partial charge on any atom is 0.337 e. The van der Waals surface area contributed by atoms with E-state index in [2.05, 4.69) is 15.9 Å². The molecule has 0 saturated carbocycles. The third-order valence-corrected chi connectivity index (χ3v) is 3.14. The van der Waals surface area contributed by atoms with Gasteiger partial charge in [-0.15, -0.1) is 0 Å². The third-order valence-electron chi connectivity index (χ3n) is 2.72. The van der Waals surface area contributed by atoms with Gasteiger partial charge in [0.05, 0.1) is 4.83 Å². The molecule has 0 amide bonds. The molecule has 0 aliphatic rings. The maximum atomic E-state index is 12.0. The summed E-state index contributed by atoms with van der Waals surface area (Å²) in [5.74, 6) is -1.44. The molecule has 4 nitrogen and oxygen atoms in total. The molecule has 1 rings (SSSR count). The van der Waals surface area contributed by atoms with Crippen molar-refractivity contribution in [1.29, 1.82) is 0 Å². The smallest absolute Gasteiger partial charge is 0.337 e. The topological polar surface area (TPSA) is 74.6 Å². The Balaban J connectivity index is 3.35. The second-order valence-corrected chi connectivity index (χ2v) is 5.32. The van der Waals surface area contributed by atoms with Gasteiger partial charge in [-0.3, -0.25) is 4.79 Å². The minimum Gasteiger partial charge on any atom is -0.479 e. The van der Waals surface area contributed by atoms with E-state index in [1.165, 1.54) is 6.07 Å². The number of hydrogen-bond acceptors (Lipinski definition) is 3. The Hall–Kier alpha value is -1.20. The molecule has 0 aliphatic heterocycles. The molecule has 0 saturated heterocycles. The summed E-state index contributed by atoms with van der Waals surface area (Å²) in [5.41, 5.74) is 1.33. The van der Waals surface area contributed by atoms with Gasteiger partial charge in [-0.2, -0.15) is 0 Å². The predicted octanol–water partition coefficient (Wildman–Crippen LogP) is 2.33. The van der Waals surface area contributed by atoms with Crippen molar-refractivity contribution in [1.82, 2.24) is 0 Å². The van der Waals surface area contributed by atoms with Gasteiger partial charge in [-0.05, 0) is 24.5 Å². The van der Waals surface area contributed by atoms with E-state index in [9.17, 15) is 14.7 Å². The first-order valence-corrected chi connectivity index (χ1v) is 6.52. The highest BCUT2D eigenvalue weighted by Gasteiger charge is 2.23. The van der Waals surface area contributed by atoms with Crippen LogP contribution >= 0.6 is 15.9 Å². The van der Waals surface area contributed by atoms with Crippen molar-refractivity contribution in [3.63, 3.8) is 0 Å². The molecule has 5 heteroatoms. The maximum absolute atomic E-state index is 12.0. The Bertz CT molecular complexity index is 468. The first-order chi connectivity index (χ1) is 8.40. The van der Waals surface area contributed by atoms with Crippen molar-refractivity contribution < 1.29 is 19.8 Å². The van der Waals surface area contributed by atoms with Crippen LogP contribution in [-0.4, -0.2) is 26.8 Å². The molecule has 2 atom stereocenters. The highest BCUT2D eigenvalue weighted by atomic mass is 79.9. The highest BCUT2D eigenvalue weighted by molar-refractivity contribution is 9.10. The van der Waals surface area contributed by atoms with Gasteiger partial charge in [0.2, 0.25) is 0 Å². The second-order valence-electron chi connectivity index (χ2n) is 3.95. The second kappa shape index (κ2) is 6.11. The number of carbonyl (C=O) groups excluding carboxylic acids is 1. The summed E-state index contributed by atoms with van der Waals surface area (Å²) in [6.45, 7) is 3.53. The van der Waals surface area contributed by atoms with Gasteiger partial charge in [-0.1, -0.05) is 41.1 Å². The normalized spacial score (nSPS) is 14.0. The van der Waals surface area contributed by atoms with E-state index in [0.717, 1.165) is 0 Å². The number of aliphatic hydroxyl groups is 1. The number of ketones is 1. The summed E-state index contributed by atoms with van der Waals surface area (Å²) in [4.78, 5) is 22.5. The summed E-state index contributed by atoms with van der Waals surface area (Å²) in [6.07, 6.45) is -1.11. The number of alkyl halides is 1. The number of aliphatic hydroxyl groups excluding tert-OH is 1. The number of carboxylic acids is 1. The fourth-order valence-corrected chi connectivity index (χ4v) is 2.08. The molecular weight excluding hydrogens is 300 g/mol.